The number of tetrazole rings is 2. The number of rotatable bonds is 12. The molecule has 2 aromatic heterocycles. The largest absolute Gasteiger partial charge is 0.177 e. The van der Waals surface area contributed by atoms with Crippen LogP contribution in [0, 0.1) is 0 Å². The first-order valence-corrected chi connectivity index (χ1v) is 7.90. The van der Waals surface area contributed by atoms with Crippen LogP contribution in [-0.2, 0) is 12.8 Å². The van der Waals surface area contributed by atoms with Crippen molar-refractivity contribution in [1.82, 2.24) is 41.2 Å². The quantitative estimate of drug-likeness (QED) is 0.579. The summed E-state index contributed by atoms with van der Waals surface area (Å²) in [4.78, 5) is 0. The zero-order chi connectivity index (χ0) is 14.6. The number of nitrogens with zero attached hydrogens (tertiary/aromatic N) is 6. The van der Waals surface area contributed by atoms with Gasteiger partial charge < -0.3 is 0 Å². The second-order valence-electron chi connectivity index (χ2n) is 5.34. The first-order chi connectivity index (χ1) is 10.4. The van der Waals surface area contributed by atoms with Crippen LogP contribution in [0.25, 0.3) is 0 Å². The molecular weight excluding hydrogens is 268 g/mol. The number of aryl methyl sites for hydroxylation is 2. The Labute approximate surface area is 124 Å². The van der Waals surface area contributed by atoms with Crippen molar-refractivity contribution in [3.8, 4) is 0 Å². The van der Waals surface area contributed by atoms with Gasteiger partial charge in [-0.2, -0.15) is 10.4 Å². The molecule has 0 radical (unpaired) electrons. The van der Waals surface area contributed by atoms with Crippen LogP contribution >= 0.6 is 0 Å². The molecule has 0 bridgehead atoms. The number of aromatic nitrogens is 8. The summed E-state index contributed by atoms with van der Waals surface area (Å²) in [5, 5.41) is 27.9. The van der Waals surface area contributed by atoms with Crippen LogP contribution in [0.4, 0.5) is 0 Å². The molecule has 8 nitrogen and oxygen atoms in total. The zero-order valence-corrected chi connectivity index (χ0v) is 12.5. The maximum absolute atomic E-state index is 3.95. The minimum Gasteiger partial charge on any atom is -0.177 e. The van der Waals surface area contributed by atoms with E-state index in [2.05, 4.69) is 41.2 Å². The van der Waals surface area contributed by atoms with Crippen LogP contribution in [0.15, 0.2) is 0 Å². The van der Waals surface area contributed by atoms with E-state index in [-0.39, 0.29) is 0 Å². The Morgan fingerprint density at radius 2 is 0.905 bits per heavy atom. The van der Waals surface area contributed by atoms with Crippen LogP contribution in [-0.4, -0.2) is 41.2 Å². The van der Waals surface area contributed by atoms with Crippen LogP contribution < -0.4 is 0 Å². The average Bonchev–Trinajstić information content (AvgIpc) is 3.18. The Hall–Kier alpha value is -1.86. The van der Waals surface area contributed by atoms with E-state index in [9.17, 15) is 0 Å². The predicted molar refractivity (Wildman–Crippen MR) is 77.3 cm³/mol. The van der Waals surface area contributed by atoms with E-state index in [4.69, 9.17) is 0 Å². The Morgan fingerprint density at radius 3 is 1.24 bits per heavy atom. The number of hydrogen-bond donors (Lipinski definition) is 2. The van der Waals surface area contributed by atoms with Gasteiger partial charge in [0, 0.05) is 12.8 Å². The summed E-state index contributed by atoms with van der Waals surface area (Å²) in [5.74, 6) is 1.66. The maximum atomic E-state index is 3.95. The number of unbranched alkanes of at least 4 members (excludes halogenated alkanes) is 8. The van der Waals surface area contributed by atoms with Gasteiger partial charge in [-0.3, -0.25) is 0 Å². The van der Waals surface area contributed by atoms with Gasteiger partial charge in [0.05, 0.1) is 0 Å². The van der Waals surface area contributed by atoms with E-state index < -0.39 is 0 Å². The molecule has 2 rings (SSSR count). The Morgan fingerprint density at radius 1 is 0.524 bits per heavy atom. The normalized spacial score (nSPS) is 11.0. The Kier molecular flexibility index (Phi) is 7.36. The monoisotopic (exact) mass is 292 g/mol. The van der Waals surface area contributed by atoms with Gasteiger partial charge in [-0.25, -0.2) is 0 Å². The molecule has 0 unspecified atom stereocenters. The molecule has 116 valence electrons. The van der Waals surface area contributed by atoms with Crippen molar-refractivity contribution in [2.24, 2.45) is 0 Å². The fourth-order valence-corrected chi connectivity index (χ4v) is 2.38. The second-order valence-corrected chi connectivity index (χ2v) is 5.34. The molecule has 0 aliphatic heterocycles. The summed E-state index contributed by atoms with van der Waals surface area (Å²) in [6.45, 7) is 0. The highest BCUT2D eigenvalue weighted by Gasteiger charge is 1.99. The van der Waals surface area contributed by atoms with Gasteiger partial charge in [0.1, 0.15) is 0 Å². The molecule has 0 aromatic carbocycles. The first kappa shape index (κ1) is 15.5. The lowest BCUT2D eigenvalue weighted by molar-refractivity contribution is 0.554. The summed E-state index contributed by atoms with van der Waals surface area (Å²) >= 11 is 0. The maximum Gasteiger partial charge on any atom is 0.174 e. The molecule has 0 aliphatic rings. The standard InChI is InChI=1S/C13H24N8/c1(2-4-6-8-10-12-14-18-19-15-12)3-5-7-9-11-13-16-20-21-17-13/h1-11H2,(H,14,15,18,19)(H,16,17,20,21). The fraction of sp³-hybridized carbons (Fsp3) is 0.846. The third kappa shape index (κ3) is 6.92. The minimum atomic E-state index is 0.830. The SMILES string of the molecule is C(CCCCCc1nn[nH]n1)CCCCCc1nn[nH]n1. The molecule has 0 amide bonds. The van der Waals surface area contributed by atoms with Crippen molar-refractivity contribution in [2.45, 2.75) is 70.6 Å². The smallest absolute Gasteiger partial charge is 0.174 e. The highest BCUT2D eigenvalue weighted by molar-refractivity contribution is 4.75. The molecule has 0 fully saturated rings. The highest BCUT2D eigenvalue weighted by atomic mass is 15.5. The molecule has 8 heteroatoms. The lowest BCUT2D eigenvalue weighted by atomic mass is 10.1. The predicted octanol–water partition coefficient (Wildman–Crippen LogP) is 2.01. The van der Waals surface area contributed by atoms with E-state index in [0.29, 0.717) is 0 Å². The van der Waals surface area contributed by atoms with Crippen molar-refractivity contribution in [3.05, 3.63) is 11.6 Å². The topological polar surface area (TPSA) is 109 Å². The van der Waals surface area contributed by atoms with Gasteiger partial charge in [0.25, 0.3) is 0 Å². The number of aromatic amines is 2. The number of hydrogen-bond acceptors (Lipinski definition) is 6. The van der Waals surface area contributed by atoms with Crippen LogP contribution in [0.3, 0.4) is 0 Å². The molecule has 0 atom stereocenters. The summed E-state index contributed by atoms with van der Waals surface area (Å²) in [5.41, 5.74) is 0. The summed E-state index contributed by atoms with van der Waals surface area (Å²) in [6.07, 6.45) is 13.3. The zero-order valence-electron chi connectivity index (χ0n) is 12.5. The summed E-state index contributed by atoms with van der Waals surface area (Å²) in [6, 6.07) is 0. The molecular formula is C13H24N8. The number of nitrogens with one attached hydrogen (secondary N) is 2. The van der Waals surface area contributed by atoms with Gasteiger partial charge in [-0.05, 0) is 12.8 Å². The molecule has 2 N–H and O–H groups in total. The van der Waals surface area contributed by atoms with Crippen LogP contribution in [0.2, 0.25) is 0 Å². The number of H-pyrrole nitrogens is 2. The summed E-state index contributed by atoms with van der Waals surface area (Å²) < 4.78 is 0. The van der Waals surface area contributed by atoms with Crippen molar-refractivity contribution >= 4 is 0 Å². The Balaban J connectivity index is 1.31. The van der Waals surface area contributed by atoms with Gasteiger partial charge in [0.15, 0.2) is 11.6 Å². The van der Waals surface area contributed by atoms with Crippen molar-refractivity contribution in [2.75, 3.05) is 0 Å². The second kappa shape index (κ2) is 9.95. The van der Waals surface area contributed by atoms with E-state index in [1.165, 1.54) is 44.9 Å². The van der Waals surface area contributed by atoms with E-state index in [0.717, 1.165) is 37.3 Å². The molecule has 2 aromatic rings. The summed E-state index contributed by atoms with van der Waals surface area (Å²) in [7, 11) is 0. The van der Waals surface area contributed by atoms with Gasteiger partial charge in [0.2, 0.25) is 0 Å². The van der Waals surface area contributed by atoms with Gasteiger partial charge in [-0.1, -0.05) is 55.4 Å². The molecule has 0 aliphatic carbocycles. The molecule has 0 spiro atoms. The first-order valence-electron chi connectivity index (χ1n) is 7.90. The van der Waals surface area contributed by atoms with E-state index >= 15 is 0 Å². The van der Waals surface area contributed by atoms with E-state index in [1.807, 2.05) is 0 Å². The minimum absolute atomic E-state index is 0.830. The highest BCUT2D eigenvalue weighted by Crippen LogP contribution is 2.11. The average molecular weight is 292 g/mol. The van der Waals surface area contributed by atoms with Crippen molar-refractivity contribution in [1.29, 1.82) is 0 Å². The molecule has 21 heavy (non-hydrogen) atoms. The third-order valence-corrected chi connectivity index (χ3v) is 3.58. The van der Waals surface area contributed by atoms with Crippen molar-refractivity contribution < 1.29 is 0 Å². The lowest BCUT2D eigenvalue weighted by Crippen LogP contribution is -1.90. The molecule has 0 saturated heterocycles. The van der Waals surface area contributed by atoms with Crippen molar-refractivity contribution in [3.63, 3.8) is 0 Å². The van der Waals surface area contributed by atoms with Gasteiger partial charge in [-0.15, -0.1) is 20.4 Å². The lowest BCUT2D eigenvalue weighted by Gasteiger charge is -2.01. The van der Waals surface area contributed by atoms with Gasteiger partial charge >= 0.3 is 0 Å². The van der Waals surface area contributed by atoms with Crippen LogP contribution in [0.1, 0.15) is 69.4 Å². The third-order valence-electron chi connectivity index (χ3n) is 3.58. The molecule has 0 saturated carbocycles. The van der Waals surface area contributed by atoms with Crippen LogP contribution in [0.5, 0.6) is 0 Å². The molecule has 2 heterocycles. The Bertz CT molecular complexity index is 396. The van der Waals surface area contributed by atoms with E-state index in [1.54, 1.807) is 0 Å². The fourth-order valence-electron chi connectivity index (χ4n) is 2.38.